The molecule has 102 valence electrons. The van der Waals surface area contributed by atoms with Gasteiger partial charge in [0.2, 0.25) is 0 Å². The van der Waals surface area contributed by atoms with Crippen LogP contribution in [-0.4, -0.2) is 29.5 Å². The second kappa shape index (κ2) is 4.85. The number of hydrogen-bond acceptors (Lipinski definition) is 4. The molecule has 3 rings (SSSR count). The van der Waals surface area contributed by atoms with Crippen molar-refractivity contribution < 1.29 is 0 Å². The van der Waals surface area contributed by atoms with Crippen LogP contribution in [0.5, 0.6) is 0 Å². The molecule has 3 nitrogen and oxygen atoms in total. The SMILES string of the molecule is Cc1nc2ccc(CN3CCC(C)(CN)C3)cc2s1. The minimum atomic E-state index is 0.311. The van der Waals surface area contributed by atoms with E-state index in [2.05, 4.69) is 41.9 Å². The van der Waals surface area contributed by atoms with Gasteiger partial charge in [-0.15, -0.1) is 11.3 Å². The second-order valence-corrected chi connectivity index (χ2v) is 7.25. The maximum atomic E-state index is 5.87. The van der Waals surface area contributed by atoms with Crippen LogP contribution < -0.4 is 5.73 Å². The van der Waals surface area contributed by atoms with Crippen LogP contribution in [0.15, 0.2) is 18.2 Å². The zero-order valence-electron chi connectivity index (χ0n) is 11.6. The molecule has 0 aliphatic carbocycles. The Morgan fingerprint density at radius 1 is 1.47 bits per heavy atom. The van der Waals surface area contributed by atoms with Crippen LogP contribution in [0.2, 0.25) is 0 Å². The molecule has 1 aliphatic heterocycles. The molecule has 19 heavy (non-hydrogen) atoms. The van der Waals surface area contributed by atoms with E-state index < -0.39 is 0 Å². The summed E-state index contributed by atoms with van der Waals surface area (Å²) in [6.45, 7) is 8.45. The van der Waals surface area contributed by atoms with Crippen LogP contribution in [-0.2, 0) is 6.54 Å². The molecule has 1 fully saturated rings. The van der Waals surface area contributed by atoms with Gasteiger partial charge in [0, 0.05) is 13.1 Å². The summed E-state index contributed by atoms with van der Waals surface area (Å²) in [6.07, 6.45) is 1.21. The van der Waals surface area contributed by atoms with Crippen LogP contribution in [0, 0.1) is 12.3 Å². The molecule has 1 aromatic heterocycles. The molecule has 0 radical (unpaired) electrons. The molecule has 0 bridgehead atoms. The van der Waals surface area contributed by atoms with Gasteiger partial charge in [0.1, 0.15) is 0 Å². The lowest BCUT2D eigenvalue weighted by atomic mass is 9.90. The lowest BCUT2D eigenvalue weighted by Crippen LogP contribution is -2.31. The molecule has 1 aromatic carbocycles. The fraction of sp³-hybridized carbons (Fsp3) is 0.533. The minimum Gasteiger partial charge on any atom is -0.330 e. The third-order valence-corrected chi connectivity index (χ3v) is 5.03. The zero-order valence-corrected chi connectivity index (χ0v) is 12.5. The number of benzene rings is 1. The Labute approximate surface area is 118 Å². The van der Waals surface area contributed by atoms with Gasteiger partial charge < -0.3 is 5.73 Å². The number of nitrogens with two attached hydrogens (primary N) is 1. The number of fused-ring (bicyclic) bond motifs is 1. The van der Waals surface area contributed by atoms with E-state index >= 15 is 0 Å². The summed E-state index contributed by atoms with van der Waals surface area (Å²) in [7, 11) is 0. The molecular weight excluding hydrogens is 254 g/mol. The number of aryl methyl sites for hydroxylation is 1. The van der Waals surface area contributed by atoms with E-state index in [0.717, 1.165) is 36.7 Å². The first-order valence-electron chi connectivity index (χ1n) is 6.86. The van der Waals surface area contributed by atoms with Crippen molar-refractivity contribution in [3.63, 3.8) is 0 Å². The van der Waals surface area contributed by atoms with Gasteiger partial charge in [-0.25, -0.2) is 4.98 Å². The number of aromatic nitrogens is 1. The first kappa shape index (κ1) is 13.0. The van der Waals surface area contributed by atoms with Gasteiger partial charge in [0.05, 0.1) is 15.2 Å². The summed E-state index contributed by atoms with van der Waals surface area (Å²) < 4.78 is 1.30. The van der Waals surface area contributed by atoms with Crippen LogP contribution in [0.25, 0.3) is 10.2 Å². The highest BCUT2D eigenvalue weighted by Crippen LogP contribution is 2.30. The van der Waals surface area contributed by atoms with Crippen molar-refractivity contribution in [3.8, 4) is 0 Å². The van der Waals surface area contributed by atoms with Crippen molar-refractivity contribution >= 4 is 21.6 Å². The Morgan fingerprint density at radius 3 is 3.05 bits per heavy atom. The third kappa shape index (κ3) is 2.66. The summed E-state index contributed by atoms with van der Waals surface area (Å²) in [5, 5.41) is 1.14. The van der Waals surface area contributed by atoms with Crippen molar-refractivity contribution in [2.24, 2.45) is 11.1 Å². The Bertz CT molecular complexity index is 592. The van der Waals surface area contributed by atoms with E-state index in [0.29, 0.717) is 5.41 Å². The number of hydrogen-bond donors (Lipinski definition) is 1. The number of nitrogens with zero attached hydrogens (tertiary/aromatic N) is 2. The quantitative estimate of drug-likeness (QED) is 0.936. The van der Waals surface area contributed by atoms with Gasteiger partial charge in [-0.1, -0.05) is 13.0 Å². The average Bonchev–Trinajstić information content (AvgIpc) is 2.92. The van der Waals surface area contributed by atoms with Crippen molar-refractivity contribution in [1.29, 1.82) is 0 Å². The first-order valence-corrected chi connectivity index (χ1v) is 7.68. The van der Waals surface area contributed by atoms with Crippen molar-refractivity contribution in [3.05, 3.63) is 28.8 Å². The zero-order chi connectivity index (χ0) is 13.5. The summed E-state index contributed by atoms with van der Waals surface area (Å²) in [5.74, 6) is 0. The van der Waals surface area contributed by atoms with Crippen LogP contribution >= 0.6 is 11.3 Å². The molecule has 0 spiro atoms. The van der Waals surface area contributed by atoms with Crippen molar-refractivity contribution in [1.82, 2.24) is 9.88 Å². The van der Waals surface area contributed by atoms with Gasteiger partial charge in [0.25, 0.3) is 0 Å². The van der Waals surface area contributed by atoms with E-state index in [1.807, 2.05) is 0 Å². The molecule has 1 atom stereocenters. The highest BCUT2D eigenvalue weighted by atomic mass is 32.1. The smallest absolute Gasteiger partial charge is 0.0907 e. The summed E-state index contributed by atoms with van der Waals surface area (Å²) in [6, 6.07) is 6.64. The second-order valence-electron chi connectivity index (χ2n) is 6.01. The predicted molar refractivity (Wildman–Crippen MR) is 81.4 cm³/mol. The van der Waals surface area contributed by atoms with Crippen molar-refractivity contribution in [2.75, 3.05) is 19.6 Å². The Kier molecular flexibility index (Phi) is 3.33. The molecule has 2 N–H and O–H groups in total. The van der Waals surface area contributed by atoms with Gasteiger partial charge in [0.15, 0.2) is 0 Å². The fourth-order valence-electron chi connectivity index (χ4n) is 2.87. The highest BCUT2D eigenvalue weighted by Gasteiger charge is 2.32. The van der Waals surface area contributed by atoms with Crippen LogP contribution in [0.3, 0.4) is 0 Å². The van der Waals surface area contributed by atoms with Crippen molar-refractivity contribution in [2.45, 2.75) is 26.8 Å². The molecule has 2 heterocycles. The molecule has 1 saturated heterocycles. The standard InChI is InChI=1S/C15H21N3S/c1-11-17-13-4-3-12(7-14(13)19-11)8-18-6-5-15(2,9-16)10-18/h3-4,7H,5-6,8-10,16H2,1-2H3. The molecule has 1 aliphatic rings. The molecule has 4 heteroatoms. The van der Waals surface area contributed by atoms with E-state index in [1.165, 1.54) is 16.7 Å². The normalized spacial score (nSPS) is 24.4. The number of thiazole rings is 1. The Balaban J connectivity index is 1.75. The van der Waals surface area contributed by atoms with Gasteiger partial charge >= 0.3 is 0 Å². The van der Waals surface area contributed by atoms with Gasteiger partial charge in [-0.3, -0.25) is 4.90 Å². The largest absolute Gasteiger partial charge is 0.330 e. The molecule has 0 saturated carbocycles. The Hall–Kier alpha value is -0.970. The lowest BCUT2D eigenvalue weighted by molar-refractivity contribution is 0.274. The molecule has 2 aromatic rings. The average molecular weight is 275 g/mol. The monoisotopic (exact) mass is 275 g/mol. The summed E-state index contributed by atoms with van der Waals surface area (Å²) in [4.78, 5) is 7.03. The number of rotatable bonds is 3. The third-order valence-electron chi connectivity index (χ3n) is 4.10. The first-order chi connectivity index (χ1) is 9.08. The maximum Gasteiger partial charge on any atom is 0.0907 e. The van der Waals surface area contributed by atoms with E-state index in [9.17, 15) is 0 Å². The maximum absolute atomic E-state index is 5.87. The predicted octanol–water partition coefficient (Wildman–Crippen LogP) is 2.78. The molecule has 0 amide bonds. The van der Waals surface area contributed by atoms with E-state index in [4.69, 9.17) is 5.73 Å². The van der Waals surface area contributed by atoms with Gasteiger partial charge in [-0.05, 0) is 49.5 Å². The Morgan fingerprint density at radius 2 is 2.32 bits per heavy atom. The topological polar surface area (TPSA) is 42.2 Å². The van der Waals surface area contributed by atoms with Crippen LogP contribution in [0.4, 0.5) is 0 Å². The fourth-order valence-corrected chi connectivity index (χ4v) is 3.76. The summed E-state index contributed by atoms with van der Waals surface area (Å²) in [5.41, 5.74) is 8.69. The van der Waals surface area contributed by atoms with E-state index in [-0.39, 0.29) is 0 Å². The number of likely N-dealkylation sites (tertiary alicyclic amines) is 1. The van der Waals surface area contributed by atoms with Gasteiger partial charge in [-0.2, -0.15) is 0 Å². The lowest BCUT2D eigenvalue weighted by Gasteiger charge is -2.22. The van der Waals surface area contributed by atoms with Crippen LogP contribution in [0.1, 0.15) is 23.9 Å². The van der Waals surface area contributed by atoms with E-state index in [1.54, 1.807) is 11.3 Å². The highest BCUT2D eigenvalue weighted by molar-refractivity contribution is 7.18. The molecular formula is C15H21N3S. The summed E-state index contributed by atoms with van der Waals surface area (Å²) >= 11 is 1.78. The molecule has 1 unspecified atom stereocenters. The minimum absolute atomic E-state index is 0.311.